The number of hydrogen-bond donors (Lipinski definition) is 0. The van der Waals surface area contributed by atoms with E-state index >= 15 is 0 Å². The Morgan fingerprint density at radius 2 is 2.18 bits per heavy atom. The number of hydrogen-bond acceptors (Lipinski definition) is 2. The average molecular weight is 151 g/mol. The molecule has 2 heteroatoms. The highest BCUT2D eigenvalue weighted by atomic mass is 16.1. The van der Waals surface area contributed by atoms with Crippen LogP contribution in [0.3, 0.4) is 0 Å². The first-order valence-corrected chi connectivity index (χ1v) is 3.58. The van der Waals surface area contributed by atoms with Crippen molar-refractivity contribution in [3.63, 3.8) is 0 Å². The van der Waals surface area contributed by atoms with Gasteiger partial charge in [0.15, 0.2) is 5.78 Å². The van der Waals surface area contributed by atoms with Crippen molar-refractivity contribution in [2.24, 2.45) is 5.41 Å². The second kappa shape index (κ2) is 3.92. The maximum Gasteiger partial charge on any atom is 0.156 e. The van der Waals surface area contributed by atoms with E-state index in [0.29, 0.717) is 6.42 Å². The third kappa shape index (κ3) is 4.32. The molecule has 0 aromatic rings. The molecule has 0 aliphatic rings. The van der Waals surface area contributed by atoms with Gasteiger partial charge in [-0.2, -0.15) is 5.26 Å². The lowest BCUT2D eigenvalue weighted by Gasteiger charge is -2.11. The SMILES string of the molecule is C/C=C/C(=O)CC(C)(C)C#N. The van der Waals surface area contributed by atoms with Crippen molar-refractivity contribution in [2.45, 2.75) is 27.2 Å². The number of allylic oxidation sites excluding steroid dienone is 2. The van der Waals surface area contributed by atoms with Gasteiger partial charge in [-0.3, -0.25) is 4.79 Å². The topological polar surface area (TPSA) is 40.9 Å². The molecule has 0 spiro atoms. The molecule has 2 nitrogen and oxygen atoms in total. The minimum atomic E-state index is -0.531. The normalized spacial score (nSPS) is 11.5. The molecular weight excluding hydrogens is 138 g/mol. The first kappa shape index (κ1) is 9.90. The molecule has 0 heterocycles. The Labute approximate surface area is 67.5 Å². The quantitative estimate of drug-likeness (QED) is 0.579. The van der Waals surface area contributed by atoms with Crippen LogP contribution >= 0.6 is 0 Å². The predicted octanol–water partition coefficient (Wildman–Crippen LogP) is 2.07. The van der Waals surface area contributed by atoms with Crippen LogP contribution in [-0.2, 0) is 4.79 Å². The summed E-state index contributed by atoms with van der Waals surface area (Å²) in [4.78, 5) is 11.0. The van der Waals surface area contributed by atoms with E-state index in [2.05, 4.69) is 6.07 Å². The van der Waals surface area contributed by atoms with Gasteiger partial charge in [-0.25, -0.2) is 0 Å². The molecule has 0 aliphatic heterocycles. The summed E-state index contributed by atoms with van der Waals surface area (Å²) in [7, 11) is 0. The Balaban J connectivity index is 4.07. The fraction of sp³-hybridized carbons (Fsp3) is 0.556. The lowest BCUT2D eigenvalue weighted by molar-refractivity contribution is -0.115. The van der Waals surface area contributed by atoms with Gasteiger partial charge in [0.1, 0.15) is 0 Å². The number of rotatable bonds is 3. The zero-order valence-corrected chi connectivity index (χ0v) is 7.22. The second-order valence-corrected chi connectivity index (χ2v) is 3.14. The number of carbonyl (C=O) groups excluding carboxylic acids is 1. The highest BCUT2D eigenvalue weighted by Gasteiger charge is 2.19. The molecule has 0 atom stereocenters. The molecule has 60 valence electrons. The van der Waals surface area contributed by atoms with Gasteiger partial charge < -0.3 is 0 Å². The minimum absolute atomic E-state index is 0.0130. The smallest absolute Gasteiger partial charge is 0.156 e. The first-order chi connectivity index (χ1) is 5.02. The van der Waals surface area contributed by atoms with Crippen molar-refractivity contribution >= 4 is 5.78 Å². The highest BCUT2D eigenvalue weighted by molar-refractivity contribution is 5.90. The van der Waals surface area contributed by atoms with Crippen LogP contribution < -0.4 is 0 Å². The van der Waals surface area contributed by atoms with Gasteiger partial charge >= 0.3 is 0 Å². The molecule has 0 aliphatic carbocycles. The van der Waals surface area contributed by atoms with Crippen molar-refractivity contribution in [3.05, 3.63) is 12.2 Å². The predicted molar refractivity (Wildman–Crippen MR) is 43.8 cm³/mol. The Morgan fingerprint density at radius 3 is 2.55 bits per heavy atom. The molecule has 0 aromatic carbocycles. The van der Waals surface area contributed by atoms with Crippen LogP contribution in [0.2, 0.25) is 0 Å². The van der Waals surface area contributed by atoms with Gasteiger partial charge in [-0.05, 0) is 26.8 Å². The summed E-state index contributed by atoms with van der Waals surface area (Å²) in [5, 5.41) is 8.58. The van der Waals surface area contributed by atoms with Gasteiger partial charge in [0, 0.05) is 6.42 Å². The van der Waals surface area contributed by atoms with E-state index in [-0.39, 0.29) is 5.78 Å². The number of nitrogens with zero attached hydrogens (tertiary/aromatic N) is 1. The Hall–Kier alpha value is -1.10. The van der Waals surface area contributed by atoms with E-state index in [1.54, 1.807) is 26.8 Å². The summed E-state index contributed by atoms with van der Waals surface area (Å²) in [6.07, 6.45) is 3.49. The summed E-state index contributed by atoms with van der Waals surface area (Å²) in [5.41, 5.74) is -0.531. The molecule has 11 heavy (non-hydrogen) atoms. The van der Waals surface area contributed by atoms with E-state index in [4.69, 9.17) is 5.26 Å². The summed E-state index contributed by atoms with van der Waals surface area (Å²) in [6, 6.07) is 2.08. The van der Waals surface area contributed by atoms with Crippen LogP contribution in [0.15, 0.2) is 12.2 Å². The standard InChI is InChI=1S/C9H13NO/c1-4-5-8(11)6-9(2,3)7-10/h4-5H,6H2,1-3H3/b5-4+. The van der Waals surface area contributed by atoms with Crippen LogP contribution in [0.4, 0.5) is 0 Å². The van der Waals surface area contributed by atoms with Crippen LogP contribution in [0, 0.1) is 16.7 Å². The maximum atomic E-state index is 11.0. The molecule has 0 amide bonds. The zero-order chi connectivity index (χ0) is 8.91. The average Bonchev–Trinajstić information content (AvgIpc) is 1.87. The van der Waals surface area contributed by atoms with E-state index in [0.717, 1.165) is 0 Å². The van der Waals surface area contributed by atoms with Gasteiger partial charge in [0.25, 0.3) is 0 Å². The summed E-state index contributed by atoms with van der Waals surface area (Å²) < 4.78 is 0. The molecule has 0 saturated carbocycles. The molecule has 0 radical (unpaired) electrons. The van der Waals surface area contributed by atoms with E-state index in [9.17, 15) is 4.79 Å². The van der Waals surface area contributed by atoms with Crippen molar-refractivity contribution in [1.82, 2.24) is 0 Å². The lowest BCUT2D eigenvalue weighted by atomic mass is 9.89. The fourth-order valence-corrected chi connectivity index (χ4v) is 0.720. The van der Waals surface area contributed by atoms with Crippen molar-refractivity contribution in [2.75, 3.05) is 0 Å². The third-order valence-corrected chi connectivity index (χ3v) is 1.27. The maximum absolute atomic E-state index is 11.0. The Bertz CT molecular complexity index is 208. The molecule has 0 unspecified atom stereocenters. The Morgan fingerprint density at radius 1 is 1.64 bits per heavy atom. The molecule has 0 fully saturated rings. The van der Waals surface area contributed by atoms with E-state index in [1.165, 1.54) is 6.08 Å². The van der Waals surface area contributed by atoms with Crippen LogP contribution in [0.1, 0.15) is 27.2 Å². The van der Waals surface area contributed by atoms with E-state index < -0.39 is 5.41 Å². The van der Waals surface area contributed by atoms with Crippen molar-refractivity contribution in [1.29, 1.82) is 5.26 Å². The number of ketones is 1. The van der Waals surface area contributed by atoms with E-state index in [1.807, 2.05) is 0 Å². The van der Waals surface area contributed by atoms with Gasteiger partial charge in [-0.1, -0.05) is 6.08 Å². The summed E-state index contributed by atoms with van der Waals surface area (Å²) in [5.74, 6) is 0.0130. The molecule has 0 bridgehead atoms. The second-order valence-electron chi connectivity index (χ2n) is 3.14. The lowest BCUT2D eigenvalue weighted by Crippen LogP contribution is -2.12. The first-order valence-electron chi connectivity index (χ1n) is 3.58. The van der Waals surface area contributed by atoms with Crippen LogP contribution in [0.25, 0.3) is 0 Å². The van der Waals surface area contributed by atoms with Crippen LogP contribution in [-0.4, -0.2) is 5.78 Å². The van der Waals surface area contributed by atoms with Gasteiger partial charge in [0.2, 0.25) is 0 Å². The highest BCUT2D eigenvalue weighted by Crippen LogP contribution is 2.18. The molecule has 0 aromatic heterocycles. The third-order valence-electron chi connectivity index (χ3n) is 1.27. The Kier molecular flexibility index (Phi) is 3.53. The van der Waals surface area contributed by atoms with Crippen LogP contribution in [0.5, 0.6) is 0 Å². The monoisotopic (exact) mass is 151 g/mol. The minimum Gasteiger partial charge on any atom is -0.295 e. The summed E-state index contributed by atoms with van der Waals surface area (Å²) in [6.45, 7) is 5.31. The van der Waals surface area contributed by atoms with Crippen molar-refractivity contribution < 1.29 is 4.79 Å². The number of carbonyl (C=O) groups is 1. The molecule has 0 rings (SSSR count). The molecular formula is C9H13NO. The molecule has 0 N–H and O–H groups in total. The molecule has 0 saturated heterocycles. The number of nitriles is 1. The fourth-order valence-electron chi connectivity index (χ4n) is 0.720. The largest absolute Gasteiger partial charge is 0.295 e. The summed E-state index contributed by atoms with van der Waals surface area (Å²) >= 11 is 0. The zero-order valence-electron chi connectivity index (χ0n) is 7.22. The van der Waals surface area contributed by atoms with Crippen molar-refractivity contribution in [3.8, 4) is 6.07 Å². The van der Waals surface area contributed by atoms with Gasteiger partial charge in [0.05, 0.1) is 11.5 Å². The van der Waals surface area contributed by atoms with Gasteiger partial charge in [-0.15, -0.1) is 0 Å².